The summed E-state index contributed by atoms with van der Waals surface area (Å²) < 4.78 is 2.44. The van der Waals surface area contributed by atoms with Crippen LogP contribution in [-0.2, 0) is 5.54 Å². The molecule has 6 rings (SSSR count). The Bertz CT molecular complexity index is 1400. The van der Waals surface area contributed by atoms with Gasteiger partial charge in [0.25, 0.3) is 0 Å². The first-order valence-electron chi connectivity index (χ1n) is 10.6. The molecule has 3 atom stereocenters. The van der Waals surface area contributed by atoms with Gasteiger partial charge in [0.05, 0.1) is 28.2 Å². The molecule has 0 saturated heterocycles. The van der Waals surface area contributed by atoms with Crippen LogP contribution in [-0.4, -0.2) is 9.55 Å². The first-order valence-corrected chi connectivity index (χ1v) is 10.6. The van der Waals surface area contributed by atoms with E-state index in [-0.39, 0.29) is 17.4 Å². The summed E-state index contributed by atoms with van der Waals surface area (Å²) in [4.78, 5) is 5.09. The van der Waals surface area contributed by atoms with Crippen LogP contribution in [0.25, 0.3) is 22.2 Å². The topological polar surface area (TPSA) is 41.6 Å². The Morgan fingerprint density at radius 1 is 0.903 bits per heavy atom. The van der Waals surface area contributed by atoms with E-state index in [1.807, 2.05) is 18.2 Å². The second kappa shape index (κ2) is 6.55. The molecule has 148 valence electrons. The summed E-state index contributed by atoms with van der Waals surface area (Å²) in [6.07, 6.45) is 8.86. The van der Waals surface area contributed by atoms with E-state index in [1.54, 1.807) is 0 Å². The average molecular weight is 399 g/mol. The Hall–Kier alpha value is -3.90. The van der Waals surface area contributed by atoms with Crippen LogP contribution in [0.2, 0.25) is 0 Å². The maximum atomic E-state index is 9.26. The van der Waals surface area contributed by atoms with E-state index in [2.05, 4.69) is 96.5 Å². The van der Waals surface area contributed by atoms with Crippen LogP contribution < -0.4 is 0 Å². The Morgan fingerprint density at radius 3 is 2.45 bits per heavy atom. The normalized spacial score (nSPS) is 23.5. The highest BCUT2D eigenvalue weighted by Gasteiger charge is 2.50. The summed E-state index contributed by atoms with van der Waals surface area (Å²) in [5, 5.41) is 9.26. The third-order valence-corrected chi connectivity index (χ3v) is 6.93. The average Bonchev–Trinajstić information content (AvgIpc) is 3.34. The van der Waals surface area contributed by atoms with Crippen molar-refractivity contribution in [2.45, 2.75) is 18.4 Å². The number of imidazole rings is 1. The quantitative estimate of drug-likeness (QED) is 0.404. The van der Waals surface area contributed by atoms with Crippen LogP contribution >= 0.6 is 0 Å². The summed E-state index contributed by atoms with van der Waals surface area (Å²) in [6.45, 7) is 2.31. The number of aromatic nitrogens is 2. The number of benzene rings is 3. The van der Waals surface area contributed by atoms with Gasteiger partial charge >= 0.3 is 0 Å². The van der Waals surface area contributed by atoms with Crippen molar-refractivity contribution >= 4 is 11.0 Å². The van der Waals surface area contributed by atoms with Gasteiger partial charge in [-0.05, 0) is 47.9 Å². The first kappa shape index (κ1) is 17.9. The van der Waals surface area contributed by atoms with Crippen LogP contribution in [0.15, 0.2) is 97.1 Å². The van der Waals surface area contributed by atoms with Gasteiger partial charge < -0.3 is 4.57 Å². The number of allylic oxidation sites excluding steroid dienone is 4. The lowest BCUT2D eigenvalue weighted by Gasteiger charge is -2.35. The van der Waals surface area contributed by atoms with Gasteiger partial charge in [-0.15, -0.1) is 0 Å². The van der Waals surface area contributed by atoms with Crippen LogP contribution in [0, 0.1) is 17.2 Å². The van der Waals surface area contributed by atoms with Crippen molar-refractivity contribution in [2.24, 2.45) is 5.92 Å². The Morgan fingerprint density at radius 2 is 1.68 bits per heavy atom. The summed E-state index contributed by atoms with van der Waals surface area (Å²) in [5.41, 5.74) is 6.16. The lowest BCUT2D eigenvalue weighted by molar-refractivity contribution is 0.337. The molecule has 0 radical (unpaired) electrons. The van der Waals surface area contributed by atoms with Gasteiger partial charge in [0, 0.05) is 11.8 Å². The van der Waals surface area contributed by atoms with E-state index < -0.39 is 0 Å². The molecule has 0 amide bonds. The van der Waals surface area contributed by atoms with Crippen molar-refractivity contribution in [3.63, 3.8) is 0 Å². The molecule has 3 heteroatoms. The monoisotopic (exact) mass is 399 g/mol. The summed E-state index contributed by atoms with van der Waals surface area (Å²) in [5.74, 6) is 1.62. The van der Waals surface area contributed by atoms with Gasteiger partial charge in [0.1, 0.15) is 5.82 Å². The van der Waals surface area contributed by atoms with E-state index >= 15 is 0 Å². The van der Waals surface area contributed by atoms with Crippen molar-refractivity contribution in [1.29, 1.82) is 5.26 Å². The Kier molecular flexibility index (Phi) is 3.79. The molecule has 1 aliphatic carbocycles. The van der Waals surface area contributed by atoms with Gasteiger partial charge in [0.2, 0.25) is 0 Å². The molecule has 31 heavy (non-hydrogen) atoms. The molecule has 3 unspecified atom stereocenters. The lowest BCUT2D eigenvalue weighted by atomic mass is 9.74. The fourth-order valence-electron chi connectivity index (χ4n) is 5.36. The Labute approximate surface area is 181 Å². The zero-order chi connectivity index (χ0) is 21.0. The summed E-state index contributed by atoms with van der Waals surface area (Å²) in [7, 11) is 0. The van der Waals surface area contributed by atoms with E-state index in [0.717, 1.165) is 16.9 Å². The standard InChI is InChI=1S/C28H21N3/c1-28(22-14-11-19(18-29)12-15-22)24-10-6-5-9-23(24)27-30-25-16-13-21(17-26(25)31(27)28)20-7-3-2-4-8-20/h2-17,23-24H,1H3. The minimum Gasteiger partial charge on any atom is -0.317 e. The van der Waals surface area contributed by atoms with E-state index in [9.17, 15) is 5.26 Å². The zero-order valence-electron chi connectivity index (χ0n) is 17.2. The third kappa shape index (κ3) is 2.49. The minimum atomic E-state index is -0.292. The predicted octanol–water partition coefficient (Wildman–Crippen LogP) is 6.18. The first-order chi connectivity index (χ1) is 15.2. The van der Waals surface area contributed by atoms with E-state index in [1.165, 1.54) is 16.7 Å². The molecule has 0 spiro atoms. The van der Waals surface area contributed by atoms with Gasteiger partial charge in [-0.25, -0.2) is 4.98 Å². The fourth-order valence-corrected chi connectivity index (χ4v) is 5.36. The van der Waals surface area contributed by atoms with Crippen molar-refractivity contribution in [2.75, 3.05) is 0 Å². The number of nitriles is 1. The minimum absolute atomic E-state index is 0.234. The van der Waals surface area contributed by atoms with Gasteiger partial charge in [-0.2, -0.15) is 5.26 Å². The Balaban J connectivity index is 1.62. The molecule has 4 aromatic rings. The third-order valence-electron chi connectivity index (χ3n) is 6.93. The molecule has 3 aromatic carbocycles. The molecule has 0 saturated carbocycles. The molecule has 0 N–H and O–H groups in total. The molecule has 0 bridgehead atoms. The van der Waals surface area contributed by atoms with Crippen LogP contribution in [0.4, 0.5) is 0 Å². The summed E-state index contributed by atoms with van der Waals surface area (Å²) >= 11 is 0. The van der Waals surface area contributed by atoms with E-state index in [4.69, 9.17) is 4.98 Å². The molecule has 2 aliphatic rings. The van der Waals surface area contributed by atoms with Gasteiger partial charge in [-0.1, -0.05) is 72.8 Å². The lowest BCUT2D eigenvalue weighted by Crippen LogP contribution is -2.35. The van der Waals surface area contributed by atoms with Crippen molar-refractivity contribution in [3.05, 3.63) is 114 Å². The molecule has 0 fully saturated rings. The van der Waals surface area contributed by atoms with Crippen LogP contribution in [0.5, 0.6) is 0 Å². The number of nitrogens with zero attached hydrogens (tertiary/aromatic N) is 3. The van der Waals surface area contributed by atoms with Crippen molar-refractivity contribution < 1.29 is 0 Å². The van der Waals surface area contributed by atoms with Crippen LogP contribution in [0.3, 0.4) is 0 Å². The molecule has 1 aromatic heterocycles. The predicted molar refractivity (Wildman–Crippen MR) is 124 cm³/mol. The maximum Gasteiger partial charge on any atom is 0.118 e. The SMILES string of the molecule is CC1(c2ccc(C#N)cc2)C2C=CC=CC2c2nc3ccc(-c4ccccc4)cc3n21. The largest absolute Gasteiger partial charge is 0.317 e. The van der Waals surface area contributed by atoms with Gasteiger partial charge in [0.15, 0.2) is 0 Å². The van der Waals surface area contributed by atoms with Crippen molar-refractivity contribution in [3.8, 4) is 17.2 Å². The molecule has 1 aliphatic heterocycles. The van der Waals surface area contributed by atoms with Gasteiger partial charge in [-0.3, -0.25) is 0 Å². The highest BCUT2D eigenvalue weighted by molar-refractivity contribution is 5.84. The maximum absolute atomic E-state index is 9.26. The molecule has 3 nitrogen and oxygen atoms in total. The smallest absolute Gasteiger partial charge is 0.118 e. The molecule has 2 heterocycles. The highest BCUT2D eigenvalue weighted by atomic mass is 15.2. The highest BCUT2D eigenvalue weighted by Crippen LogP contribution is 2.53. The number of hydrogen-bond acceptors (Lipinski definition) is 2. The number of fused-ring (bicyclic) bond motifs is 5. The van der Waals surface area contributed by atoms with Crippen LogP contribution in [0.1, 0.15) is 29.8 Å². The molecular weight excluding hydrogens is 378 g/mol. The van der Waals surface area contributed by atoms with Crippen molar-refractivity contribution in [1.82, 2.24) is 9.55 Å². The van der Waals surface area contributed by atoms with E-state index in [0.29, 0.717) is 5.56 Å². The number of hydrogen-bond donors (Lipinski definition) is 0. The zero-order valence-corrected chi connectivity index (χ0v) is 17.2. The summed E-state index contributed by atoms with van der Waals surface area (Å²) in [6, 6.07) is 27.3. The second-order valence-corrected chi connectivity index (χ2v) is 8.53. The number of rotatable bonds is 2. The molecular formula is C28H21N3. The fraction of sp³-hybridized carbons (Fsp3) is 0.143. The second-order valence-electron chi connectivity index (χ2n) is 8.53.